The van der Waals surface area contributed by atoms with Crippen LogP contribution in [0.25, 0.3) is 0 Å². The zero-order valence-corrected chi connectivity index (χ0v) is 9.20. The molecule has 92 valence electrons. The summed E-state index contributed by atoms with van der Waals surface area (Å²) in [5, 5.41) is 3.05. The van der Waals surface area contributed by atoms with Gasteiger partial charge in [-0.3, -0.25) is 5.32 Å². The van der Waals surface area contributed by atoms with Crippen LogP contribution >= 0.6 is 0 Å². The van der Waals surface area contributed by atoms with Gasteiger partial charge in [-0.05, 0) is 17.7 Å². The molecule has 0 spiro atoms. The molecule has 0 aromatic heterocycles. The summed E-state index contributed by atoms with van der Waals surface area (Å²) >= 11 is 0. The maximum Gasteiger partial charge on any atom is 0.387 e. The molecule has 3 nitrogen and oxygen atoms in total. The van der Waals surface area contributed by atoms with E-state index in [0.29, 0.717) is 13.1 Å². The van der Waals surface area contributed by atoms with Crippen molar-refractivity contribution in [3.05, 3.63) is 29.8 Å². The molecule has 0 aliphatic heterocycles. The maximum atomic E-state index is 11.9. The van der Waals surface area contributed by atoms with E-state index in [-0.39, 0.29) is 11.8 Å². The van der Waals surface area contributed by atoms with E-state index in [4.69, 9.17) is 12.2 Å². The summed E-state index contributed by atoms with van der Waals surface area (Å²) in [5.74, 6) is 2.57. The largest absolute Gasteiger partial charge is 0.435 e. The third-order valence-corrected chi connectivity index (χ3v) is 2.19. The van der Waals surface area contributed by atoms with E-state index in [1.807, 2.05) is 0 Å². The van der Waals surface area contributed by atoms with Gasteiger partial charge in [0, 0.05) is 12.6 Å². The van der Waals surface area contributed by atoms with Crippen LogP contribution in [0.4, 0.5) is 8.78 Å². The molecule has 0 amide bonds. The molecule has 1 aromatic rings. The number of benzene rings is 1. The van der Waals surface area contributed by atoms with Crippen molar-refractivity contribution in [1.29, 1.82) is 0 Å². The van der Waals surface area contributed by atoms with Crippen LogP contribution < -0.4 is 15.8 Å². The van der Waals surface area contributed by atoms with Crippen LogP contribution in [0.1, 0.15) is 11.6 Å². The Kier molecular flexibility index (Phi) is 5.40. The molecule has 17 heavy (non-hydrogen) atoms. The fourth-order valence-electron chi connectivity index (χ4n) is 1.40. The molecular formula is C12H14F2N2O. The lowest BCUT2D eigenvalue weighted by atomic mass is 10.1. The van der Waals surface area contributed by atoms with Crippen molar-refractivity contribution in [3.8, 4) is 18.1 Å². The molecule has 0 fully saturated rings. The zero-order valence-electron chi connectivity index (χ0n) is 9.20. The van der Waals surface area contributed by atoms with Gasteiger partial charge in [0.2, 0.25) is 0 Å². The Labute approximate surface area is 99.0 Å². The highest BCUT2D eigenvalue weighted by Crippen LogP contribution is 2.18. The predicted molar refractivity (Wildman–Crippen MR) is 61.7 cm³/mol. The van der Waals surface area contributed by atoms with Crippen molar-refractivity contribution in [2.24, 2.45) is 5.73 Å². The SMILES string of the molecule is C#CCNC(CN)c1ccc(OC(F)F)cc1. The minimum absolute atomic E-state index is 0.0911. The monoisotopic (exact) mass is 240 g/mol. The summed E-state index contributed by atoms with van der Waals surface area (Å²) < 4.78 is 28.1. The van der Waals surface area contributed by atoms with Gasteiger partial charge in [0.25, 0.3) is 0 Å². The number of nitrogens with one attached hydrogen (secondary N) is 1. The summed E-state index contributed by atoms with van der Waals surface area (Å²) in [7, 11) is 0. The average molecular weight is 240 g/mol. The summed E-state index contributed by atoms with van der Waals surface area (Å²) in [5.41, 5.74) is 6.46. The van der Waals surface area contributed by atoms with Crippen LogP contribution in [-0.2, 0) is 0 Å². The highest BCUT2D eigenvalue weighted by atomic mass is 19.3. The van der Waals surface area contributed by atoms with Gasteiger partial charge < -0.3 is 10.5 Å². The number of halogens is 2. The van der Waals surface area contributed by atoms with Crippen molar-refractivity contribution < 1.29 is 13.5 Å². The molecule has 0 radical (unpaired) electrons. The van der Waals surface area contributed by atoms with Crippen molar-refractivity contribution in [2.45, 2.75) is 12.7 Å². The van der Waals surface area contributed by atoms with Gasteiger partial charge in [-0.15, -0.1) is 6.42 Å². The van der Waals surface area contributed by atoms with E-state index in [1.165, 1.54) is 12.1 Å². The van der Waals surface area contributed by atoms with E-state index in [1.54, 1.807) is 12.1 Å². The summed E-state index contributed by atoms with van der Waals surface area (Å²) in [6, 6.07) is 6.22. The third kappa shape index (κ3) is 4.39. The Morgan fingerprint density at radius 1 is 1.35 bits per heavy atom. The van der Waals surface area contributed by atoms with Crippen LogP contribution in [0, 0.1) is 12.3 Å². The Bertz CT molecular complexity index is 373. The second-order valence-corrected chi connectivity index (χ2v) is 3.32. The van der Waals surface area contributed by atoms with Gasteiger partial charge in [-0.2, -0.15) is 8.78 Å². The predicted octanol–water partition coefficient (Wildman–Crippen LogP) is 1.51. The van der Waals surface area contributed by atoms with Gasteiger partial charge >= 0.3 is 6.61 Å². The normalized spacial score (nSPS) is 12.2. The maximum absolute atomic E-state index is 11.9. The van der Waals surface area contributed by atoms with Gasteiger partial charge in [0.1, 0.15) is 5.75 Å². The van der Waals surface area contributed by atoms with E-state index < -0.39 is 6.61 Å². The number of alkyl halides is 2. The number of hydrogen-bond acceptors (Lipinski definition) is 3. The highest BCUT2D eigenvalue weighted by Gasteiger charge is 2.09. The van der Waals surface area contributed by atoms with Crippen LogP contribution in [0.5, 0.6) is 5.75 Å². The molecule has 0 aliphatic rings. The van der Waals surface area contributed by atoms with E-state index in [9.17, 15) is 8.78 Å². The standard InChI is InChI=1S/C12H14F2N2O/c1-2-7-16-11(8-15)9-3-5-10(6-4-9)17-12(13)14/h1,3-6,11-12,16H,7-8,15H2. The van der Waals surface area contributed by atoms with Gasteiger partial charge in [-0.25, -0.2) is 0 Å². The van der Waals surface area contributed by atoms with Crippen molar-refractivity contribution in [2.75, 3.05) is 13.1 Å². The first-order chi connectivity index (χ1) is 8.17. The van der Waals surface area contributed by atoms with Gasteiger partial charge in [-0.1, -0.05) is 18.1 Å². The molecule has 0 saturated heterocycles. The summed E-state index contributed by atoms with van der Waals surface area (Å²) in [6.07, 6.45) is 5.13. The minimum atomic E-state index is -2.81. The van der Waals surface area contributed by atoms with Crippen LogP contribution in [0.3, 0.4) is 0 Å². The molecule has 5 heteroatoms. The van der Waals surface area contributed by atoms with Crippen molar-refractivity contribution in [1.82, 2.24) is 5.32 Å². The first kappa shape index (κ1) is 13.4. The second kappa shape index (κ2) is 6.84. The summed E-state index contributed by atoms with van der Waals surface area (Å²) in [4.78, 5) is 0. The Morgan fingerprint density at radius 2 is 2.00 bits per heavy atom. The second-order valence-electron chi connectivity index (χ2n) is 3.32. The lowest BCUT2D eigenvalue weighted by Gasteiger charge is -2.16. The molecule has 0 aliphatic carbocycles. The molecule has 1 rings (SSSR count). The molecule has 3 N–H and O–H groups in total. The van der Waals surface area contributed by atoms with Crippen molar-refractivity contribution in [3.63, 3.8) is 0 Å². The molecular weight excluding hydrogens is 226 g/mol. The first-order valence-electron chi connectivity index (χ1n) is 5.09. The number of ether oxygens (including phenoxy) is 1. The van der Waals surface area contributed by atoms with Gasteiger partial charge in [0.05, 0.1) is 6.54 Å². The first-order valence-corrected chi connectivity index (χ1v) is 5.09. The fourth-order valence-corrected chi connectivity index (χ4v) is 1.40. The molecule has 1 aromatic carbocycles. The molecule has 1 atom stereocenters. The van der Waals surface area contributed by atoms with Gasteiger partial charge in [0.15, 0.2) is 0 Å². The van der Waals surface area contributed by atoms with Crippen LogP contribution in [0.15, 0.2) is 24.3 Å². The van der Waals surface area contributed by atoms with Crippen LogP contribution in [0.2, 0.25) is 0 Å². The number of hydrogen-bond donors (Lipinski definition) is 2. The minimum Gasteiger partial charge on any atom is -0.435 e. The Morgan fingerprint density at radius 3 is 2.47 bits per heavy atom. The van der Waals surface area contributed by atoms with E-state index in [2.05, 4.69) is 16.0 Å². The zero-order chi connectivity index (χ0) is 12.7. The molecule has 0 bridgehead atoms. The van der Waals surface area contributed by atoms with E-state index in [0.717, 1.165) is 5.56 Å². The number of rotatable bonds is 6. The molecule has 1 unspecified atom stereocenters. The van der Waals surface area contributed by atoms with Crippen LogP contribution in [-0.4, -0.2) is 19.7 Å². The Hall–Kier alpha value is -1.64. The number of nitrogens with two attached hydrogens (primary N) is 1. The summed E-state index contributed by atoms with van der Waals surface area (Å²) in [6.45, 7) is -2.04. The lowest BCUT2D eigenvalue weighted by molar-refractivity contribution is -0.0498. The molecule has 0 saturated carbocycles. The average Bonchev–Trinajstić information content (AvgIpc) is 2.31. The van der Waals surface area contributed by atoms with Crippen molar-refractivity contribution >= 4 is 0 Å². The highest BCUT2D eigenvalue weighted by molar-refractivity contribution is 5.29. The topological polar surface area (TPSA) is 47.3 Å². The Balaban J connectivity index is 2.68. The quantitative estimate of drug-likeness (QED) is 0.741. The third-order valence-electron chi connectivity index (χ3n) is 2.19. The fraction of sp³-hybridized carbons (Fsp3) is 0.333. The lowest BCUT2D eigenvalue weighted by Crippen LogP contribution is -2.28. The molecule has 0 heterocycles. The number of terminal acetylenes is 1. The van der Waals surface area contributed by atoms with E-state index >= 15 is 0 Å². The smallest absolute Gasteiger partial charge is 0.387 e.